The highest BCUT2D eigenvalue weighted by molar-refractivity contribution is 5.94. The zero-order chi connectivity index (χ0) is 23.3. The molecule has 1 aromatic heterocycles. The van der Waals surface area contributed by atoms with Crippen molar-refractivity contribution >= 4 is 11.7 Å². The van der Waals surface area contributed by atoms with Gasteiger partial charge in [-0.05, 0) is 67.9 Å². The maximum atomic E-state index is 14.2. The van der Waals surface area contributed by atoms with Gasteiger partial charge in [-0.2, -0.15) is 8.78 Å². The number of nitrogens with zero attached hydrogens (tertiary/aromatic N) is 2. The van der Waals surface area contributed by atoms with Crippen LogP contribution in [-0.4, -0.2) is 28.3 Å². The molecule has 1 heterocycles. The van der Waals surface area contributed by atoms with Gasteiger partial charge in [0.15, 0.2) is 0 Å². The molecule has 7 nitrogen and oxygen atoms in total. The van der Waals surface area contributed by atoms with Crippen molar-refractivity contribution < 1.29 is 22.7 Å². The Bertz CT molecular complexity index is 1060. The van der Waals surface area contributed by atoms with Gasteiger partial charge in [0.25, 0.3) is 0 Å². The van der Waals surface area contributed by atoms with Crippen molar-refractivity contribution in [2.45, 2.75) is 31.4 Å². The lowest BCUT2D eigenvalue weighted by Crippen LogP contribution is -2.47. The molecule has 0 unspecified atom stereocenters. The van der Waals surface area contributed by atoms with Crippen molar-refractivity contribution in [1.29, 1.82) is 0 Å². The van der Waals surface area contributed by atoms with E-state index in [1.807, 2.05) is 0 Å². The SMILES string of the molecule is C=C(/C(=C\C=C/N)OC(F)F)C1(Nc2ccc(-c3cc(C(N)=O)ccc3F)nn2)CCC1. The highest BCUT2D eigenvalue weighted by atomic mass is 19.3. The molecule has 1 aliphatic rings. The highest BCUT2D eigenvalue weighted by Gasteiger charge is 2.42. The first-order valence-corrected chi connectivity index (χ1v) is 9.70. The number of anilines is 1. The van der Waals surface area contributed by atoms with Crippen LogP contribution in [0.5, 0.6) is 0 Å². The molecule has 0 spiro atoms. The molecule has 1 aromatic carbocycles. The molecule has 1 amide bonds. The second kappa shape index (κ2) is 9.54. The van der Waals surface area contributed by atoms with Crippen LogP contribution >= 0.6 is 0 Å². The number of amides is 1. The summed E-state index contributed by atoms with van der Waals surface area (Å²) < 4.78 is 44.6. The van der Waals surface area contributed by atoms with E-state index in [4.69, 9.17) is 11.5 Å². The Balaban J connectivity index is 1.84. The lowest BCUT2D eigenvalue weighted by Gasteiger charge is -2.44. The summed E-state index contributed by atoms with van der Waals surface area (Å²) in [6.07, 6.45) is 5.96. The van der Waals surface area contributed by atoms with E-state index in [-0.39, 0.29) is 22.6 Å². The Morgan fingerprint density at radius 2 is 2.00 bits per heavy atom. The maximum Gasteiger partial charge on any atom is 0.387 e. The van der Waals surface area contributed by atoms with E-state index in [1.165, 1.54) is 36.6 Å². The number of carbonyl (C=O) groups excluding carboxylic acids is 1. The van der Waals surface area contributed by atoms with Gasteiger partial charge in [-0.1, -0.05) is 6.58 Å². The first kappa shape index (κ1) is 22.9. The number of benzene rings is 1. The number of aromatic nitrogens is 2. The zero-order valence-corrected chi connectivity index (χ0v) is 17.0. The zero-order valence-electron chi connectivity index (χ0n) is 17.0. The van der Waals surface area contributed by atoms with Crippen LogP contribution in [0.1, 0.15) is 29.6 Å². The van der Waals surface area contributed by atoms with Crippen molar-refractivity contribution in [3.05, 3.63) is 78.0 Å². The number of allylic oxidation sites excluding steroid dienone is 2. The first-order valence-electron chi connectivity index (χ1n) is 9.70. The minimum atomic E-state index is -3.02. The maximum absolute atomic E-state index is 14.2. The molecular formula is C22H22F3N5O2. The Labute approximate surface area is 182 Å². The van der Waals surface area contributed by atoms with Crippen molar-refractivity contribution in [1.82, 2.24) is 10.2 Å². The Morgan fingerprint density at radius 1 is 1.25 bits per heavy atom. The van der Waals surface area contributed by atoms with Gasteiger partial charge in [0.1, 0.15) is 17.4 Å². The largest absolute Gasteiger partial charge is 0.434 e. The van der Waals surface area contributed by atoms with Gasteiger partial charge in [-0.15, -0.1) is 10.2 Å². The molecule has 3 rings (SSSR count). The molecule has 168 valence electrons. The van der Waals surface area contributed by atoms with Crippen LogP contribution in [0, 0.1) is 5.82 Å². The van der Waals surface area contributed by atoms with E-state index >= 15 is 0 Å². The number of alkyl halides is 2. The van der Waals surface area contributed by atoms with Crippen LogP contribution in [0.4, 0.5) is 19.0 Å². The normalized spacial score (nSPS) is 15.4. The summed E-state index contributed by atoms with van der Waals surface area (Å²) in [7, 11) is 0. The van der Waals surface area contributed by atoms with Crippen LogP contribution in [0.2, 0.25) is 0 Å². The van der Waals surface area contributed by atoms with E-state index in [9.17, 15) is 18.0 Å². The van der Waals surface area contributed by atoms with E-state index < -0.39 is 23.9 Å². The van der Waals surface area contributed by atoms with Crippen LogP contribution in [0.3, 0.4) is 0 Å². The standard InChI is InChI=1S/C22H22F3N5O2/c1-13(18(4-2-11-26)32-21(24)25)22(9-3-10-22)28-19-8-7-17(29-30-19)15-12-14(20(27)31)5-6-16(15)23/h2,4-8,11-12,21H,1,3,9-10,26H2,(H2,27,31)(H,28,30)/b11-2-,18-4+. The van der Waals surface area contributed by atoms with Gasteiger partial charge in [-0.3, -0.25) is 4.79 Å². The van der Waals surface area contributed by atoms with Gasteiger partial charge < -0.3 is 21.5 Å². The number of ether oxygens (including phenoxy) is 1. The van der Waals surface area contributed by atoms with Crippen LogP contribution in [0.25, 0.3) is 11.3 Å². The Hall–Kier alpha value is -3.82. The summed E-state index contributed by atoms with van der Waals surface area (Å²) >= 11 is 0. The molecule has 2 aromatic rings. The molecule has 1 fully saturated rings. The number of hydrogen-bond donors (Lipinski definition) is 3. The lowest BCUT2D eigenvalue weighted by molar-refractivity contribution is -0.0946. The quantitative estimate of drug-likeness (QED) is 0.399. The van der Waals surface area contributed by atoms with Gasteiger partial charge in [0, 0.05) is 16.7 Å². The second-order valence-corrected chi connectivity index (χ2v) is 7.20. The highest BCUT2D eigenvalue weighted by Crippen LogP contribution is 2.43. The van der Waals surface area contributed by atoms with Gasteiger partial charge in [0.2, 0.25) is 5.91 Å². The monoisotopic (exact) mass is 445 g/mol. The van der Waals surface area contributed by atoms with Crippen molar-refractivity contribution in [3.8, 4) is 11.3 Å². The average Bonchev–Trinajstić information content (AvgIpc) is 2.73. The molecule has 10 heteroatoms. The fourth-order valence-corrected chi connectivity index (χ4v) is 3.38. The van der Waals surface area contributed by atoms with E-state index in [1.54, 1.807) is 6.07 Å². The molecule has 0 bridgehead atoms. The summed E-state index contributed by atoms with van der Waals surface area (Å²) in [5, 5.41) is 11.3. The minimum Gasteiger partial charge on any atom is -0.434 e. The van der Waals surface area contributed by atoms with Crippen molar-refractivity contribution in [3.63, 3.8) is 0 Å². The fraction of sp³-hybridized carbons (Fsp3) is 0.227. The van der Waals surface area contributed by atoms with Crippen molar-refractivity contribution in [2.75, 3.05) is 5.32 Å². The van der Waals surface area contributed by atoms with Gasteiger partial charge in [-0.25, -0.2) is 4.39 Å². The smallest absolute Gasteiger partial charge is 0.387 e. The Morgan fingerprint density at radius 3 is 2.53 bits per heavy atom. The van der Waals surface area contributed by atoms with E-state index in [0.717, 1.165) is 12.5 Å². The number of rotatable bonds is 9. The third-order valence-electron chi connectivity index (χ3n) is 5.22. The predicted molar refractivity (Wildman–Crippen MR) is 114 cm³/mol. The van der Waals surface area contributed by atoms with Crippen LogP contribution in [-0.2, 0) is 4.74 Å². The number of primary amides is 1. The molecule has 0 radical (unpaired) electrons. The summed E-state index contributed by atoms with van der Waals surface area (Å²) in [5.74, 6) is -1.03. The van der Waals surface area contributed by atoms with Crippen molar-refractivity contribution in [2.24, 2.45) is 11.5 Å². The van der Waals surface area contributed by atoms with Crippen LogP contribution < -0.4 is 16.8 Å². The number of hydrogen-bond acceptors (Lipinski definition) is 6. The third-order valence-corrected chi connectivity index (χ3v) is 5.22. The molecule has 1 aliphatic carbocycles. The van der Waals surface area contributed by atoms with E-state index in [0.29, 0.717) is 24.2 Å². The topological polar surface area (TPSA) is 116 Å². The molecule has 0 atom stereocenters. The van der Waals surface area contributed by atoms with Crippen LogP contribution in [0.15, 0.2) is 66.6 Å². The fourth-order valence-electron chi connectivity index (χ4n) is 3.38. The Kier molecular flexibility index (Phi) is 6.82. The molecule has 1 saturated carbocycles. The van der Waals surface area contributed by atoms with Gasteiger partial charge in [0.05, 0.1) is 11.2 Å². The molecule has 0 saturated heterocycles. The summed E-state index contributed by atoms with van der Waals surface area (Å²) in [4.78, 5) is 11.4. The molecule has 5 N–H and O–H groups in total. The summed E-state index contributed by atoms with van der Waals surface area (Å²) in [6.45, 7) is 0.927. The minimum absolute atomic E-state index is 0.0761. The average molecular weight is 445 g/mol. The first-order chi connectivity index (χ1) is 15.3. The number of nitrogens with one attached hydrogen (secondary N) is 1. The predicted octanol–water partition coefficient (Wildman–Crippen LogP) is 3.87. The number of halogens is 3. The molecular weight excluding hydrogens is 423 g/mol. The molecule has 32 heavy (non-hydrogen) atoms. The van der Waals surface area contributed by atoms with Gasteiger partial charge >= 0.3 is 6.61 Å². The molecule has 0 aliphatic heterocycles. The second-order valence-electron chi connectivity index (χ2n) is 7.20. The third kappa shape index (κ3) is 4.90. The number of carbonyl (C=O) groups is 1. The number of nitrogens with two attached hydrogens (primary N) is 2. The van der Waals surface area contributed by atoms with E-state index in [2.05, 4.69) is 26.8 Å². The summed E-state index contributed by atoms with van der Waals surface area (Å²) in [5.41, 5.74) is 10.5. The lowest BCUT2D eigenvalue weighted by atomic mass is 9.71. The summed E-state index contributed by atoms with van der Waals surface area (Å²) in [6, 6.07) is 6.81.